The van der Waals surface area contributed by atoms with E-state index in [0.717, 1.165) is 64.0 Å². The molecule has 1 aliphatic rings. The van der Waals surface area contributed by atoms with E-state index in [1.807, 2.05) is 0 Å². The molecule has 5 nitrogen and oxygen atoms in total. The Morgan fingerprint density at radius 2 is 1.55 bits per heavy atom. The summed E-state index contributed by atoms with van der Waals surface area (Å²) in [5.41, 5.74) is 1.27. The molecule has 0 aromatic carbocycles. The van der Waals surface area contributed by atoms with Crippen molar-refractivity contribution in [3.8, 4) is 0 Å². The van der Waals surface area contributed by atoms with Crippen LogP contribution in [0.25, 0.3) is 0 Å². The van der Waals surface area contributed by atoms with Crippen molar-refractivity contribution in [1.82, 2.24) is 10.3 Å². The summed E-state index contributed by atoms with van der Waals surface area (Å²) in [5.74, 6) is 2.24. The van der Waals surface area contributed by atoms with Crippen molar-refractivity contribution in [2.75, 3.05) is 67.1 Å². The van der Waals surface area contributed by atoms with Crippen LogP contribution in [0.15, 0.2) is 12.1 Å². The topological polar surface area (TPSA) is 34.6 Å². The highest BCUT2D eigenvalue weighted by atomic mass is 15.3. The summed E-state index contributed by atoms with van der Waals surface area (Å²) in [7, 11) is 0. The molecule has 1 aliphatic heterocycles. The van der Waals surface area contributed by atoms with Crippen molar-refractivity contribution in [2.24, 2.45) is 0 Å². The maximum Gasteiger partial charge on any atom is 0.154 e. The van der Waals surface area contributed by atoms with E-state index in [1.165, 1.54) is 5.69 Å². The van der Waals surface area contributed by atoms with E-state index in [4.69, 9.17) is 4.98 Å². The van der Waals surface area contributed by atoms with E-state index < -0.39 is 0 Å². The number of nitrogens with one attached hydrogen (secondary N) is 1. The Kier molecular flexibility index (Phi) is 6.31. The van der Waals surface area contributed by atoms with Crippen LogP contribution in [0.5, 0.6) is 0 Å². The Hall–Kier alpha value is -1.49. The number of nitrogens with zero attached hydrogens (tertiary/aromatic N) is 4. The van der Waals surface area contributed by atoms with Crippen LogP contribution in [0.3, 0.4) is 0 Å². The van der Waals surface area contributed by atoms with Crippen LogP contribution < -0.4 is 20.0 Å². The first-order valence-electron chi connectivity index (χ1n) is 8.71. The molecule has 0 spiro atoms. The van der Waals surface area contributed by atoms with E-state index in [1.54, 1.807) is 0 Å². The summed E-state index contributed by atoms with van der Waals surface area (Å²) < 4.78 is 0. The van der Waals surface area contributed by atoms with E-state index in [-0.39, 0.29) is 0 Å². The number of hydrogen-bond acceptors (Lipinski definition) is 5. The van der Waals surface area contributed by atoms with Crippen molar-refractivity contribution in [3.05, 3.63) is 12.1 Å². The van der Waals surface area contributed by atoms with Crippen LogP contribution in [0.4, 0.5) is 17.3 Å². The van der Waals surface area contributed by atoms with E-state index in [2.05, 4.69) is 59.8 Å². The third kappa shape index (κ3) is 3.64. The molecule has 22 heavy (non-hydrogen) atoms. The zero-order valence-electron chi connectivity index (χ0n) is 14.6. The first-order chi connectivity index (χ1) is 10.7. The molecule has 0 amide bonds. The van der Waals surface area contributed by atoms with Crippen molar-refractivity contribution in [1.29, 1.82) is 0 Å². The third-order valence-electron chi connectivity index (χ3n) is 4.45. The molecular formula is C17H31N5. The van der Waals surface area contributed by atoms with Crippen LogP contribution in [0.2, 0.25) is 0 Å². The van der Waals surface area contributed by atoms with Crippen LogP contribution in [-0.2, 0) is 0 Å². The number of aromatic nitrogens is 1. The fourth-order valence-corrected chi connectivity index (χ4v) is 3.08. The van der Waals surface area contributed by atoms with Crippen molar-refractivity contribution >= 4 is 17.3 Å². The van der Waals surface area contributed by atoms with Gasteiger partial charge in [0, 0.05) is 52.4 Å². The van der Waals surface area contributed by atoms with Gasteiger partial charge in [-0.15, -0.1) is 0 Å². The van der Waals surface area contributed by atoms with Crippen LogP contribution in [-0.4, -0.2) is 57.3 Å². The lowest BCUT2D eigenvalue weighted by Crippen LogP contribution is -2.44. The Morgan fingerprint density at radius 1 is 0.955 bits per heavy atom. The molecule has 1 aromatic heterocycles. The molecule has 0 bridgehead atoms. The highest BCUT2D eigenvalue weighted by Gasteiger charge is 2.20. The summed E-state index contributed by atoms with van der Waals surface area (Å²) in [5, 5.41) is 3.43. The summed E-state index contributed by atoms with van der Waals surface area (Å²) in [6, 6.07) is 4.43. The Balaban J connectivity index is 2.39. The molecule has 0 aliphatic carbocycles. The van der Waals surface area contributed by atoms with Gasteiger partial charge in [-0.25, -0.2) is 4.98 Å². The van der Waals surface area contributed by atoms with Gasteiger partial charge < -0.3 is 20.0 Å². The first-order valence-corrected chi connectivity index (χ1v) is 8.71. The van der Waals surface area contributed by atoms with Crippen molar-refractivity contribution < 1.29 is 0 Å². The standard InChI is InChI=1S/C17H31N5/c1-5-20(6-2)15-9-10-16(21(7-3)8-4)19-17(15)22-13-11-18-12-14-22/h9-10,18H,5-8,11-14H2,1-4H3. The van der Waals surface area contributed by atoms with Gasteiger partial charge >= 0.3 is 0 Å². The highest BCUT2D eigenvalue weighted by Crippen LogP contribution is 2.30. The van der Waals surface area contributed by atoms with Gasteiger partial charge in [-0.3, -0.25) is 0 Å². The molecule has 2 rings (SSSR count). The highest BCUT2D eigenvalue weighted by molar-refractivity contribution is 5.70. The van der Waals surface area contributed by atoms with Crippen LogP contribution in [0.1, 0.15) is 27.7 Å². The minimum atomic E-state index is 0.995. The van der Waals surface area contributed by atoms with Crippen molar-refractivity contribution in [3.63, 3.8) is 0 Å². The number of anilines is 3. The monoisotopic (exact) mass is 305 g/mol. The predicted molar refractivity (Wildman–Crippen MR) is 96.4 cm³/mol. The molecule has 1 saturated heterocycles. The van der Waals surface area contributed by atoms with Gasteiger partial charge in [0.15, 0.2) is 5.82 Å². The number of piperazine rings is 1. The Labute approximate surface area is 135 Å². The van der Waals surface area contributed by atoms with Gasteiger partial charge in [-0.1, -0.05) is 0 Å². The zero-order valence-corrected chi connectivity index (χ0v) is 14.6. The lowest BCUT2D eigenvalue weighted by molar-refractivity contribution is 0.584. The SMILES string of the molecule is CCN(CC)c1ccc(N(CC)CC)c(N2CCNCC2)n1. The number of rotatable bonds is 7. The van der Waals surface area contributed by atoms with Crippen LogP contribution in [0, 0.1) is 0 Å². The molecular weight excluding hydrogens is 274 g/mol. The van der Waals surface area contributed by atoms with Crippen LogP contribution >= 0.6 is 0 Å². The average Bonchev–Trinajstić information content (AvgIpc) is 2.58. The summed E-state index contributed by atoms with van der Waals surface area (Å²) in [6.07, 6.45) is 0. The van der Waals surface area contributed by atoms with E-state index in [9.17, 15) is 0 Å². The fourth-order valence-electron chi connectivity index (χ4n) is 3.08. The smallest absolute Gasteiger partial charge is 0.154 e. The molecule has 0 unspecified atom stereocenters. The number of pyridine rings is 1. The fraction of sp³-hybridized carbons (Fsp3) is 0.706. The lowest BCUT2D eigenvalue weighted by Gasteiger charge is -2.34. The van der Waals surface area contributed by atoms with Crippen molar-refractivity contribution in [2.45, 2.75) is 27.7 Å². The molecule has 1 fully saturated rings. The van der Waals surface area contributed by atoms with E-state index in [0.29, 0.717) is 0 Å². The second kappa shape index (κ2) is 8.22. The number of hydrogen-bond donors (Lipinski definition) is 1. The first kappa shape index (κ1) is 16.9. The Morgan fingerprint density at radius 3 is 2.09 bits per heavy atom. The Bertz CT molecular complexity index is 448. The average molecular weight is 305 g/mol. The minimum absolute atomic E-state index is 0.995. The second-order valence-corrected chi connectivity index (χ2v) is 5.59. The summed E-state index contributed by atoms with van der Waals surface area (Å²) in [6.45, 7) is 17.0. The normalized spacial score (nSPS) is 15.0. The quantitative estimate of drug-likeness (QED) is 0.835. The molecule has 1 N–H and O–H groups in total. The van der Waals surface area contributed by atoms with Gasteiger partial charge in [0.25, 0.3) is 0 Å². The predicted octanol–water partition coefficient (Wildman–Crippen LogP) is 2.18. The third-order valence-corrected chi connectivity index (χ3v) is 4.45. The molecule has 0 atom stereocenters. The molecule has 124 valence electrons. The van der Waals surface area contributed by atoms with Gasteiger partial charge in [-0.05, 0) is 39.8 Å². The molecule has 2 heterocycles. The van der Waals surface area contributed by atoms with Gasteiger partial charge in [-0.2, -0.15) is 0 Å². The maximum atomic E-state index is 5.04. The second-order valence-electron chi connectivity index (χ2n) is 5.59. The molecule has 0 saturated carbocycles. The largest absolute Gasteiger partial charge is 0.369 e. The van der Waals surface area contributed by atoms with Gasteiger partial charge in [0.1, 0.15) is 5.82 Å². The zero-order chi connectivity index (χ0) is 15.9. The molecule has 0 radical (unpaired) electrons. The van der Waals surface area contributed by atoms with Gasteiger partial charge in [0.2, 0.25) is 0 Å². The summed E-state index contributed by atoms with van der Waals surface area (Å²) in [4.78, 5) is 12.2. The minimum Gasteiger partial charge on any atom is -0.369 e. The molecule has 1 aromatic rings. The van der Waals surface area contributed by atoms with Gasteiger partial charge in [0.05, 0.1) is 5.69 Å². The summed E-state index contributed by atoms with van der Waals surface area (Å²) >= 11 is 0. The molecule has 5 heteroatoms. The maximum absolute atomic E-state index is 5.04. The lowest BCUT2D eigenvalue weighted by atomic mass is 10.2. The van der Waals surface area contributed by atoms with E-state index >= 15 is 0 Å².